The van der Waals surface area contributed by atoms with Gasteiger partial charge >= 0.3 is 5.91 Å². The van der Waals surface area contributed by atoms with Crippen LogP contribution in [0.25, 0.3) is 0 Å². The van der Waals surface area contributed by atoms with Gasteiger partial charge in [-0.25, -0.2) is 0 Å². The van der Waals surface area contributed by atoms with Crippen LogP contribution in [0.15, 0.2) is 0 Å². The van der Waals surface area contributed by atoms with E-state index in [9.17, 15) is 4.79 Å². The molecular formula is C10H23N2O2+. The third-order valence-electron chi connectivity index (χ3n) is 2.23. The standard InChI is InChI=1S/C10H22N2O2/c1-7-10(2,3)14-9(8(11)13)12(4,5)6/h9H,7H2,1-6H3,(H-,11,13)/p+1. The van der Waals surface area contributed by atoms with Crippen LogP contribution >= 0.6 is 0 Å². The normalized spacial score (nSPS) is 15.3. The van der Waals surface area contributed by atoms with Gasteiger partial charge in [0, 0.05) is 0 Å². The van der Waals surface area contributed by atoms with E-state index in [-0.39, 0.29) is 5.60 Å². The van der Waals surface area contributed by atoms with E-state index in [4.69, 9.17) is 10.5 Å². The number of primary amides is 1. The van der Waals surface area contributed by atoms with Crippen molar-refractivity contribution in [2.45, 2.75) is 39.0 Å². The van der Waals surface area contributed by atoms with Crippen molar-refractivity contribution < 1.29 is 14.0 Å². The summed E-state index contributed by atoms with van der Waals surface area (Å²) in [4.78, 5) is 11.2. The molecule has 0 saturated carbocycles. The Morgan fingerprint density at radius 2 is 1.86 bits per heavy atom. The minimum atomic E-state index is -0.593. The van der Waals surface area contributed by atoms with Crippen LogP contribution in [0.3, 0.4) is 0 Å². The summed E-state index contributed by atoms with van der Waals surface area (Å²) in [7, 11) is 5.67. The summed E-state index contributed by atoms with van der Waals surface area (Å²) in [5.41, 5.74) is 4.99. The van der Waals surface area contributed by atoms with Crippen LogP contribution in [0, 0.1) is 0 Å². The minimum absolute atomic E-state index is 0.314. The first kappa shape index (κ1) is 13.4. The molecule has 0 aromatic rings. The van der Waals surface area contributed by atoms with Crippen molar-refractivity contribution in [3.8, 4) is 0 Å². The van der Waals surface area contributed by atoms with Crippen LogP contribution in [0.5, 0.6) is 0 Å². The van der Waals surface area contributed by atoms with Gasteiger partial charge < -0.3 is 10.5 Å². The maximum atomic E-state index is 11.2. The van der Waals surface area contributed by atoms with Crippen molar-refractivity contribution in [2.24, 2.45) is 5.73 Å². The van der Waals surface area contributed by atoms with Crippen LogP contribution in [-0.2, 0) is 9.53 Å². The van der Waals surface area contributed by atoms with E-state index in [1.165, 1.54) is 0 Å². The van der Waals surface area contributed by atoms with Crippen LogP contribution in [0.2, 0.25) is 0 Å². The molecule has 0 bridgehead atoms. The second kappa shape index (κ2) is 4.28. The second-order valence-electron chi connectivity index (χ2n) is 5.10. The van der Waals surface area contributed by atoms with E-state index < -0.39 is 12.1 Å². The molecule has 0 aliphatic rings. The summed E-state index contributed by atoms with van der Waals surface area (Å²) in [5.74, 6) is -0.418. The van der Waals surface area contributed by atoms with Crippen LogP contribution in [0.1, 0.15) is 27.2 Å². The van der Waals surface area contributed by atoms with Gasteiger partial charge in [-0.2, -0.15) is 0 Å². The molecule has 0 fully saturated rings. The molecule has 0 aromatic carbocycles. The number of carbonyl (C=O) groups excluding carboxylic acids is 1. The van der Waals surface area contributed by atoms with Crippen molar-refractivity contribution in [3.05, 3.63) is 0 Å². The average molecular weight is 203 g/mol. The third kappa shape index (κ3) is 4.07. The number of likely N-dealkylation sites (N-methyl/N-ethyl adjacent to an activating group) is 1. The molecule has 1 atom stereocenters. The summed E-state index contributed by atoms with van der Waals surface area (Å²) in [6.07, 6.45) is 0.251. The SMILES string of the molecule is CCC(C)(C)OC(C(N)=O)[N+](C)(C)C. The zero-order chi connectivity index (χ0) is 11.6. The predicted molar refractivity (Wildman–Crippen MR) is 56.5 cm³/mol. The van der Waals surface area contributed by atoms with Crippen LogP contribution < -0.4 is 5.73 Å². The average Bonchev–Trinajstić information content (AvgIpc) is 1.98. The van der Waals surface area contributed by atoms with Gasteiger partial charge in [-0.05, 0) is 20.3 Å². The summed E-state index contributed by atoms with van der Waals surface area (Å²) < 4.78 is 6.10. The molecule has 4 nitrogen and oxygen atoms in total. The number of amides is 1. The fourth-order valence-electron chi connectivity index (χ4n) is 0.983. The summed E-state index contributed by atoms with van der Waals surface area (Å²) in [6.45, 7) is 5.94. The first-order chi connectivity index (χ1) is 6.10. The van der Waals surface area contributed by atoms with E-state index >= 15 is 0 Å². The van der Waals surface area contributed by atoms with Gasteiger partial charge in [-0.3, -0.25) is 9.28 Å². The summed E-state index contributed by atoms with van der Waals surface area (Å²) >= 11 is 0. The maximum absolute atomic E-state index is 11.2. The fraction of sp³-hybridized carbons (Fsp3) is 0.900. The molecule has 0 aliphatic heterocycles. The van der Waals surface area contributed by atoms with E-state index in [0.29, 0.717) is 4.48 Å². The van der Waals surface area contributed by atoms with Gasteiger partial charge in [-0.1, -0.05) is 6.92 Å². The van der Waals surface area contributed by atoms with Gasteiger partial charge in [0.2, 0.25) is 0 Å². The molecule has 1 amide bonds. The van der Waals surface area contributed by atoms with Gasteiger partial charge in [-0.15, -0.1) is 0 Å². The Morgan fingerprint density at radius 3 is 2.07 bits per heavy atom. The highest BCUT2D eigenvalue weighted by Crippen LogP contribution is 2.19. The van der Waals surface area contributed by atoms with Crippen LogP contribution in [-0.4, -0.2) is 43.4 Å². The number of hydrogen-bond acceptors (Lipinski definition) is 2. The van der Waals surface area contributed by atoms with Gasteiger partial charge in [0.1, 0.15) is 0 Å². The summed E-state index contributed by atoms with van der Waals surface area (Å²) in [5, 5.41) is 0. The minimum Gasteiger partial charge on any atom is -0.362 e. The van der Waals surface area contributed by atoms with Crippen molar-refractivity contribution in [3.63, 3.8) is 0 Å². The van der Waals surface area contributed by atoms with Crippen molar-refractivity contribution in [1.82, 2.24) is 0 Å². The number of quaternary nitrogens is 1. The lowest BCUT2D eigenvalue weighted by Gasteiger charge is -2.36. The molecule has 0 radical (unpaired) electrons. The Morgan fingerprint density at radius 1 is 1.43 bits per heavy atom. The second-order valence-corrected chi connectivity index (χ2v) is 5.10. The number of hydrogen-bond donors (Lipinski definition) is 1. The Kier molecular flexibility index (Phi) is 4.09. The first-order valence-electron chi connectivity index (χ1n) is 4.88. The van der Waals surface area contributed by atoms with Crippen LogP contribution in [0.4, 0.5) is 0 Å². The molecule has 84 valence electrons. The summed E-state index contributed by atoms with van der Waals surface area (Å²) in [6, 6.07) is 0. The Balaban J connectivity index is 4.64. The van der Waals surface area contributed by atoms with Gasteiger partial charge in [0.15, 0.2) is 0 Å². The zero-order valence-electron chi connectivity index (χ0n) is 10.1. The predicted octanol–water partition coefficient (Wildman–Crippen LogP) is 0.709. The highest BCUT2D eigenvalue weighted by molar-refractivity contribution is 5.77. The lowest BCUT2D eigenvalue weighted by atomic mass is 10.1. The lowest BCUT2D eigenvalue weighted by molar-refractivity contribution is -0.911. The Labute approximate surface area is 86.6 Å². The largest absolute Gasteiger partial charge is 0.362 e. The lowest BCUT2D eigenvalue weighted by Crippen LogP contribution is -2.56. The molecule has 0 aliphatic carbocycles. The molecule has 2 N–H and O–H groups in total. The van der Waals surface area contributed by atoms with Crippen molar-refractivity contribution in [1.29, 1.82) is 0 Å². The van der Waals surface area contributed by atoms with Gasteiger partial charge in [0.25, 0.3) is 6.23 Å². The van der Waals surface area contributed by atoms with Gasteiger partial charge in [0.05, 0.1) is 26.7 Å². The molecule has 0 aromatic heterocycles. The third-order valence-corrected chi connectivity index (χ3v) is 2.23. The zero-order valence-corrected chi connectivity index (χ0v) is 10.1. The topological polar surface area (TPSA) is 52.3 Å². The molecular weight excluding hydrogens is 180 g/mol. The van der Waals surface area contributed by atoms with E-state index in [2.05, 4.69) is 0 Å². The smallest absolute Gasteiger partial charge is 0.305 e. The quantitative estimate of drug-likeness (QED) is 0.528. The van der Waals surface area contributed by atoms with Crippen molar-refractivity contribution in [2.75, 3.05) is 21.1 Å². The van der Waals surface area contributed by atoms with E-state index in [1.807, 2.05) is 41.9 Å². The highest BCUT2D eigenvalue weighted by Gasteiger charge is 2.35. The van der Waals surface area contributed by atoms with E-state index in [0.717, 1.165) is 6.42 Å². The molecule has 14 heavy (non-hydrogen) atoms. The number of ether oxygens (including phenoxy) is 1. The number of nitrogens with two attached hydrogens (primary N) is 1. The first-order valence-corrected chi connectivity index (χ1v) is 4.88. The Bertz CT molecular complexity index is 207. The Hall–Kier alpha value is -0.610. The van der Waals surface area contributed by atoms with E-state index in [1.54, 1.807) is 0 Å². The maximum Gasteiger partial charge on any atom is 0.305 e. The molecule has 0 saturated heterocycles. The molecule has 1 unspecified atom stereocenters. The number of carbonyl (C=O) groups is 1. The molecule has 0 spiro atoms. The molecule has 0 heterocycles. The number of nitrogens with zero attached hydrogens (tertiary/aromatic N) is 1. The monoisotopic (exact) mass is 203 g/mol. The molecule has 0 rings (SSSR count). The highest BCUT2D eigenvalue weighted by atomic mass is 16.5. The molecule has 4 heteroatoms. The van der Waals surface area contributed by atoms with Crippen molar-refractivity contribution >= 4 is 5.91 Å². The fourth-order valence-corrected chi connectivity index (χ4v) is 0.983. The number of rotatable bonds is 5.